The lowest BCUT2D eigenvalue weighted by atomic mass is 9.82. The summed E-state index contributed by atoms with van der Waals surface area (Å²) in [5.74, 6) is 0. The lowest BCUT2D eigenvalue weighted by Gasteiger charge is -2.29. The van der Waals surface area contributed by atoms with Crippen LogP contribution < -0.4 is 4.90 Å². The molecule has 9 aromatic carbocycles. The number of anilines is 3. The van der Waals surface area contributed by atoms with Crippen LogP contribution in [0.15, 0.2) is 182 Å². The summed E-state index contributed by atoms with van der Waals surface area (Å²) in [7, 11) is 0. The standard InChI is InChI=1S/C51H36N2/c1-51(2)44-31-37(52(36-17-4-3-5-18-36)46-22-12-16-33-13-6-9-19-39(33)46)25-27-42(44)43-28-26-38(32-45(43)51)53-47-29-23-34-14-7-10-20-40(34)49(47)50-41-21-11-8-15-35(41)24-30-48(50)53/h3-32H,1-2H3. The van der Waals surface area contributed by atoms with Gasteiger partial charge in [-0.25, -0.2) is 0 Å². The average Bonchev–Trinajstić information content (AvgIpc) is 3.67. The second-order valence-corrected chi connectivity index (χ2v) is 15.0. The summed E-state index contributed by atoms with van der Waals surface area (Å²) in [4.78, 5) is 2.42. The molecular formula is C51H36N2. The van der Waals surface area contributed by atoms with Crippen LogP contribution in [0.4, 0.5) is 17.1 Å². The fourth-order valence-corrected chi connectivity index (χ4v) is 9.23. The molecule has 1 aliphatic carbocycles. The molecule has 0 N–H and O–H groups in total. The molecule has 0 radical (unpaired) electrons. The summed E-state index contributed by atoms with van der Waals surface area (Å²) >= 11 is 0. The van der Waals surface area contributed by atoms with Crippen LogP contribution in [0, 0.1) is 0 Å². The van der Waals surface area contributed by atoms with Crippen molar-refractivity contribution >= 4 is 71.2 Å². The molecule has 0 fully saturated rings. The molecule has 53 heavy (non-hydrogen) atoms. The molecule has 1 heterocycles. The number of aromatic nitrogens is 1. The van der Waals surface area contributed by atoms with Gasteiger partial charge < -0.3 is 9.47 Å². The third-order valence-electron chi connectivity index (χ3n) is 11.7. The normalized spacial score (nSPS) is 13.2. The first-order valence-electron chi connectivity index (χ1n) is 18.5. The van der Waals surface area contributed by atoms with E-state index in [4.69, 9.17) is 0 Å². The summed E-state index contributed by atoms with van der Waals surface area (Å²) in [6, 6.07) is 67.1. The zero-order chi connectivity index (χ0) is 35.3. The lowest BCUT2D eigenvalue weighted by molar-refractivity contribution is 0.660. The highest BCUT2D eigenvalue weighted by Crippen LogP contribution is 2.52. The van der Waals surface area contributed by atoms with Gasteiger partial charge in [0.15, 0.2) is 0 Å². The average molecular weight is 677 g/mol. The molecule has 0 saturated carbocycles. The van der Waals surface area contributed by atoms with E-state index in [-0.39, 0.29) is 5.41 Å². The van der Waals surface area contributed by atoms with Crippen molar-refractivity contribution in [3.05, 3.63) is 193 Å². The molecule has 0 unspecified atom stereocenters. The van der Waals surface area contributed by atoms with Crippen molar-refractivity contribution in [3.63, 3.8) is 0 Å². The maximum Gasteiger partial charge on any atom is 0.0547 e. The summed E-state index contributed by atoms with van der Waals surface area (Å²) in [5.41, 5.74) is 12.3. The Labute approximate surface area is 308 Å². The fourth-order valence-electron chi connectivity index (χ4n) is 9.23. The number of rotatable bonds is 4. The van der Waals surface area contributed by atoms with E-state index in [9.17, 15) is 0 Å². The van der Waals surface area contributed by atoms with E-state index in [1.807, 2.05) is 0 Å². The topological polar surface area (TPSA) is 8.17 Å². The maximum absolute atomic E-state index is 2.49. The molecule has 2 nitrogen and oxygen atoms in total. The van der Waals surface area contributed by atoms with E-state index in [1.54, 1.807) is 0 Å². The van der Waals surface area contributed by atoms with E-state index < -0.39 is 0 Å². The maximum atomic E-state index is 2.49. The highest BCUT2D eigenvalue weighted by Gasteiger charge is 2.36. The third-order valence-corrected chi connectivity index (χ3v) is 11.7. The summed E-state index contributed by atoms with van der Waals surface area (Å²) in [6.07, 6.45) is 0. The lowest BCUT2D eigenvalue weighted by Crippen LogP contribution is -2.17. The van der Waals surface area contributed by atoms with Gasteiger partial charge in [-0.15, -0.1) is 0 Å². The first kappa shape index (κ1) is 30.0. The van der Waals surface area contributed by atoms with Gasteiger partial charge in [0.05, 0.1) is 16.7 Å². The SMILES string of the molecule is CC1(C)c2cc(N(c3ccccc3)c3cccc4ccccc34)ccc2-c2ccc(-n3c4ccc5ccccc5c4c4c5ccccc5ccc43)cc21. The van der Waals surface area contributed by atoms with Crippen molar-refractivity contribution in [2.75, 3.05) is 4.90 Å². The van der Waals surface area contributed by atoms with E-state index >= 15 is 0 Å². The minimum absolute atomic E-state index is 0.212. The second kappa shape index (κ2) is 11.2. The smallest absolute Gasteiger partial charge is 0.0547 e. The molecule has 1 aromatic heterocycles. The highest BCUT2D eigenvalue weighted by atomic mass is 15.1. The van der Waals surface area contributed by atoms with Crippen LogP contribution in [0.5, 0.6) is 0 Å². The predicted molar refractivity (Wildman–Crippen MR) is 226 cm³/mol. The van der Waals surface area contributed by atoms with E-state index in [0.29, 0.717) is 0 Å². The largest absolute Gasteiger partial charge is 0.310 e. The van der Waals surface area contributed by atoms with Gasteiger partial charge in [-0.2, -0.15) is 0 Å². The number of benzene rings is 9. The van der Waals surface area contributed by atoms with Crippen LogP contribution in [-0.4, -0.2) is 4.57 Å². The van der Waals surface area contributed by atoms with Crippen molar-refractivity contribution in [1.82, 2.24) is 4.57 Å². The Kier molecular flexibility index (Phi) is 6.33. The number of nitrogens with zero attached hydrogens (tertiary/aromatic N) is 2. The van der Waals surface area contributed by atoms with Crippen LogP contribution in [0.25, 0.3) is 70.9 Å². The van der Waals surface area contributed by atoms with Crippen LogP contribution >= 0.6 is 0 Å². The molecule has 0 saturated heterocycles. The van der Waals surface area contributed by atoms with E-state index in [1.165, 1.54) is 87.8 Å². The molecule has 0 amide bonds. The molecule has 0 bridgehead atoms. The van der Waals surface area contributed by atoms with Crippen molar-refractivity contribution < 1.29 is 0 Å². The first-order valence-corrected chi connectivity index (χ1v) is 18.5. The van der Waals surface area contributed by atoms with Gasteiger partial charge >= 0.3 is 0 Å². The van der Waals surface area contributed by atoms with Gasteiger partial charge in [0, 0.05) is 38.6 Å². The van der Waals surface area contributed by atoms with E-state index in [2.05, 4.69) is 205 Å². The van der Waals surface area contributed by atoms with Gasteiger partial charge in [-0.1, -0.05) is 141 Å². The van der Waals surface area contributed by atoms with Gasteiger partial charge in [0.1, 0.15) is 0 Å². The number of hydrogen-bond donors (Lipinski definition) is 0. The molecule has 250 valence electrons. The Morgan fingerprint density at radius 1 is 0.415 bits per heavy atom. The van der Waals surface area contributed by atoms with Crippen molar-refractivity contribution in [2.45, 2.75) is 19.3 Å². The third kappa shape index (κ3) is 4.33. The Hall–Kier alpha value is -6.64. The van der Waals surface area contributed by atoms with Crippen molar-refractivity contribution in [2.24, 2.45) is 0 Å². The number of fused-ring (bicyclic) bond motifs is 11. The van der Waals surface area contributed by atoms with Gasteiger partial charge in [0.2, 0.25) is 0 Å². The molecule has 11 rings (SSSR count). The molecule has 0 atom stereocenters. The monoisotopic (exact) mass is 676 g/mol. The molecule has 1 aliphatic rings. The second-order valence-electron chi connectivity index (χ2n) is 15.0. The zero-order valence-corrected chi connectivity index (χ0v) is 29.7. The number of hydrogen-bond acceptors (Lipinski definition) is 1. The Balaban J connectivity index is 1.10. The summed E-state index contributed by atoms with van der Waals surface area (Å²) < 4.78 is 2.49. The summed E-state index contributed by atoms with van der Waals surface area (Å²) in [5, 5.41) is 10.2. The molecule has 10 aromatic rings. The van der Waals surface area contributed by atoms with Gasteiger partial charge in [0.25, 0.3) is 0 Å². The van der Waals surface area contributed by atoms with Crippen molar-refractivity contribution in [3.8, 4) is 16.8 Å². The minimum atomic E-state index is -0.212. The minimum Gasteiger partial charge on any atom is -0.310 e. The van der Waals surface area contributed by atoms with Crippen LogP contribution in [0.1, 0.15) is 25.0 Å². The van der Waals surface area contributed by atoms with Crippen LogP contribution in [-0.2, 0) is 5.41 Å². The molecule has 0 spiro atoms. The van der Waals surface area contributed by atoms with Crippen LogP contribution in [0.2, 0.25) is 0 Å². The Morgan fingerprint density at radius 3 is 1.60 bits per heavy atom. The van der Waals surface area contributed by atoms with Crippen molar-refractivity contribution in [1.29, 1.82) is 0 Å². The fraction of sp³-hybridized carbons (Fsp3) is 0.0588. The molecular weight excluding hydrogens is 641 g/mol. The highest BCUT2D eigenvalue weighted by molar-refractivity contribution is 6.28. The molecule has 2 heteroatoms. The number of para-hydroxylation sites is 1. The van der Waals surface area contributed by atoms with E-state index in [0.717, 1.165) is 11.4 Å². The Bertz CT molecular complexity index is 2990. The van der Waals surface area contributed by atoms with Gasteiger partial charge in [-0.05, 0) is 104 Å². The predicted octanol–water partition coefficient (Wildman–Crippen LogP) is 14.0. The zero-order valence-electron chi connectivity index (χ0n) is 29.7. The first-order chi connectivity index (χ1) is 26.1. The van der Waals surface area contributed by atoms with Crippen LogP contribution in [0.3, 0.4) is 0 Å². The quantitative estimate of drug-likeness (QED) is 0.180. The van der Waals surface area contributed by atoms with Gasteiger partial charge in [-0.3, -0.25) is 0 Å². The molecule has 0 aliphatic heterocycles. The Morgan fingerprint density at radius 2 is 0.943 bits per heavy atom. The summed E-state index contributed by atoms with van der Waals surface area (Å²) in [6.45, 7) is 4.78.